The number of ether oxygens (including phenoxy) is 2. The molecule has 7 nitrogen and oxygen atoms in total. The molecule has 0 aliphatic carbocycles. The quantitative estimate of drug-likeness (QED) is 0.355. The van der Waals surface area contributed by atoms with Crippen molar-refractivity contribution in [1.29, 1.82) is 0 Å². The maximum absolute atomic E-state index is 15.4. The maximum Gasteiger partial charge on any atom is 0.325 e. The fraction of sp³-hybridized carbons (Fsp3) is 0.625. The lowest BCUT2D eigenvalue weighted by atomic mass is 9.85. The summed E-state index contributed by atoms with van der Waals surface area (Å²) in [6, 6.07) is 9.32. The van der Waals surface area contributed by atoms with Crippen LogP contribution in [0.15, 0.2) is 30.3 Å². The van der Waals surface area contributed by atoms with Crippen LogP contribution in [-0.2, 0) is 40.1 Å². The summed E-state index contributed by atoms with van der Waals surface area (Å²) in [6.45, 7) is 6.44. The highest BCUT2D eigenvalue weighted by Crippen LogP contribution is 2.37. The van der Waals surface area contributed by atoms with Crippen LogP contribution >= 0.6 is 0 Å². The number of anilines is 1. The number of hydrogen-bond donors (Lipinski definition) is 2. The summed E-state index contributed by atoms with van der Waals surface area (Å²) < 4.78 is 27.1. The standard InChI is InChI=1S/C32H44FN3O4/c1-32(2,39-3)28-18-26-23(20-40-28)8-6-11-25(26)29(31(37)38)36-17-15-22(19-36)27(33)12-5-4-10-24-14-13-21-9-7-16-34-30(21)35-24/h6,8,11,13-14,22,27-29H,4-5,7,9-10,12,15-20H2,1-3H3,(H,34,35)(H,37,38)/t22-,27?,28+,29-/m1/s1. The van der Waals surface area contributed by atoms with Crippen LogP contribution in [0, 0.1) is 5.92 Å². The van der Waals surface area contributed by atoms with Crippen LogP contribution in [0.1, 0.15) is 79.9 Å². The van der Waals surface area contributed by atoms with Gasteiger partial charge < -0.3 is 19.9 Å². The molecule has 5 rings (SSSR count). The minimum atomic E-state index is -0.928. The van der Waals surface area contributed by atoms with E-state index in [-0.39, 0.29) is 12.0 Å². The lowest BCUT2D eigenvalue weighted by molar-refractivity contribution is -0.143. The van der Waals surface area contributed by atoms with Crippen LogP contribution in [-0.4, -0.2) is 65.6 Å². The minimum Gasteiger partial charge on any atom is -0.480 e. The molecule has 0 bridgehead atoms. The third kappa shape index (κ3) is 6.34. The second-order valence-electron chi connectivity index (χ2n) is 12.2. The van der Waals surface area contributed by atoms with Crippen molar-refractivity contribution in [2.24, 2.45) is 5.92 Å². The number of halogens is 1. The van der Waals surface area contributed by atoms with Crippen LogP contribution in [0.3, 0.4) is 0 Å². The highest BCUT2D eigenvalue weighted by atomic mass is 19.1. The Bertz CT molecular complexity index is 1190. The monoisotopic (exact) mass is 553 g/mol. The van der Waals surface area contributed by atoms with Gasteiger partial charge in [-0.2, -0.15) is 0 Å². The van der Waals surface area contributed by atoms with Crippen LogP contribution < -0.4 is 5.32 Å². The molecule has 2 aromatic rings. The predicted octanol–water partition coefficient (Wildman–Crippen LogP) is 5.50. The average Bonchev–Trinajstić information content (AvgIpc) is 3.44. The van der Waals surface area contributed by atoms with Crippen LogP contribution in [0.25, 0.3) is 0 Å². The largest absolute Gasteiger partial charge is 0.480 e. The van der Waals surface area contributed by atoms with Crippen molar-refractivity contribution < 1.29 is 23.8 Å². The zero-order chi connectivity index (χ0) is 28.3. The molecule has 4 heterocycles. The average molecular weight is 554 g/mol. The fourth-order valence-electron chi connectivity index (χ4n) is 6.53. The molecule has 2 N–H and O–H groups in total. The SMILES string of the molecule is COC(C)(C)[C@@H]1Cc2c(cccc2[C@H](C(=O)O)N2CC[C@@H](C(F)CCCCc3ccc4c(n3)NCCC4)C2)CO1. The van der Waals surface area contributed by atoms with Crippen molar-refractivity contribution in [3.05, 3.63) is 58.3 Å². The van der Waals surface area contributed by atoms with Gasteiger partial charge in [0.05, 0.1) is 18.3 Å². The first kappa shape index (κ1) is 29.0. The number of unbranched alkanes of at least 4 members (excludes halogenated alkanes) is 1. The van der Waals surface area contributed by atoms with E-state index in [2.05, 4.69) is 17.4 Å². The van der Waals surface area contributed by atoms with E-state index >= 15 is 4.39 Å². The van der Waals surface area contributed by atoms with Crippen molar-refractivity contribution in [1.82, 2.24) is 9.88 Å². The third-order valence-corrected chi connectivity index (χ3v) is 9.22. The van der Waals surface area contributed by atoms with Crippen molar-refractivity contribution in [3.63, 3.8) is 0 Å². The number of fused-ring (bicyclic) bond motifs is 2. The lowest BCUT2D eigenvalue weighted by Crippen LogP contribution is -2.44. The van der Waals surface area contributed by atoms with Crippen LogP contribution in [0.4, 0.5) is 10.2 Å². The number of likely N-dealkylation sites (tertiary alicyclic amines) is 1. The maximum atomic E-state index is 15.4. The zero-order valence-corrected chi connectivity index (χ0v) is 24.1. The molecule has 1 aromatic carbocycles. The Labute approximate surface area is 237 Å². The van der Waals surface area contributed by atoms with E-state index < -0.39 is 23.8 Å². The number of carboxylic acids is 1. The Kier molecular flexibility index (Phi) is 9.08. The molecule has 1 fully saturated rings. The van der Waals surface area contributed by atoms with Gasteiger partial charge in [-0.15, -0.1) is 0 Å². The molecule has 0 spiro atoms. The van der Waals surface area contributed by atoms with Gasteiger partial charge >= 0.3 is 5.97 Å². The molecule has 0 amide bonds. The van der Waals surface area contributed by atoms with Gasteiger partial charge in [-0.05, 0) is 87.2 Å². The van der Waals surface area contributed by atoms with Crippen molar-refractivity contribution >= 4 is 11.8 Å². The van der Waals surface area contributed by atoms with Gasteiger partial charge in [0.15, 0.2) is 0 Å². The van der Waals surface area contributed by atoms with Gasteiger partial charge in [0.25, 0.3) is 0 Å². The van der Waals surface area contributed by atoms with Gasteiger partial charge in [-0.3, -0.25) is 9.69 Å². The summed E-state index contributed by atoms with van der Waals surface area (Å²) in [5, 5.41) is 13.7. The first-order chi connectivity index (χ1) is 19.3. The number of nitrogens with zero attached hydrogens (tertiary/aromatic N) is 2. The summed E-state index contributed by atoms with van der Waals surface area (Å²) >= 11 is 0. The molecule has 218 valence electrons. The number of pyridine rings is 1. The molecule has 40 heavy (non-hydrogen) atoms. The topological polar surface area (TPSA) is 83.9 Å². The molecular weight excluding hydrogens is 509 g/mol. The predicted molar refractivity (Wildman–Crippen MR) is 153 cm³/mol. The lowest BCUT2D eigenvalue weighted by Gasteiger charge is -2.38. The number of alkyl halides is 1. The Morgan fingerprint density at radius 1 is 1.27 bits per heavy atom. The van der Waals surface area contributed by atoms with Crippen LogP contribution in [0.2, 0.25) is 0 Å². The van der Waals surface area contributed by atoms with Crippen LogP contribution in [0.5, 0.6) is 0 Å². The van der Waals surface area contributed by atoms with Gasteiger partial charge in [-0.25, -0.2) is 9.37 Å². The molecule has 0 saturated carbocycles. The minimum absolute atomic E-state index is 0.143. The molecule has 1 unspecified atom stereocenters. The molecule has 1 aromatic heterocycles. The van der Waals surface area contributed by atoms with E-state index in [1.54, 1.807) is 7.11 Å². The smallest absolute Gasteiger partial charge is 0.325 e. The molecule has 4 atom stereocenters. The summed E-state index contributed by atoms with van der Waals surface area (Å²) in [7, 11) is 1.67. The van der Waals surface area contributed by atoms with E-state index in [4.69, 9.17) is 14.5 Å². The molecule has 3 aliphatic rings. The van der Waals surface area contributed by atoms with E-state index in [0.29, 0.717) is 39.0 Å². The second-order valence-corrected chi connectivity index (χ2v) is 12.2. The van der Waals surface area contributed by atoms with E-state index in [1.165, 1.54) is 5.56 Å². The van der Waals surface area contributed by atoms with Gasteiger partial charge in [-0.1, -0.05) is 30.7 Å². The van der Waals surface area contributed by atoms with Crippen molar-refractivity contribution in [3.8, 4) is 0 Å². The highest BCUT2D eigenvalue weighted by molar-refractivity contribution is 5.76. The first-order valence-corrected chi connectivity index (χ1v) is 14.9. The van der Waals surface area contributed by atoms with E-state index in [1.807, 2.05) is 36.9 Å². The Morgan fingerprint density at radius 3 is 2.92 bits per heavy atom. The number of carbonyl (C=O) groups is 1. The summed E-state index contributed by atoms with van der Waals surface area (Å²) in [4.78, 5) is 19.3. The Morgan fingerprint density at radius 2 is 2.12 bits per heavy atom. The van der Waals surface area contributed by atoms with Gasteiger partial charge in [0, 0.05) is 38.2 Å². The zero-order valence-electron chi connectivity index (χ0n) is 24.1. The Balaban J connectivity index is 1.18. The normalized spacial score (nSPS) is 22.7. The summed E-state index contributed by atoms with van der Waals surface area (Å²) in [5.41, 5.74) is 4.71. The molecule has 3 aliphatic heterocycles. The number of methoxy groups -OCH3 is 1. The van der Waals surface area contributed by atoms with Gasteiger partial charge in [0.2, 0.25) is 0 Å². The Hall–Kier alpha value is -2.55. The molecule has 0 radical (unpaired) electrons. The van der Waals surface area contributed by atoms with Gasteiger partial charge in [0.1, 0.15) is 18.0 Å². The number of aliphatic carboxylic acids is 1. The molecule has 1 saturated heterocycles. The molecule has 8 heteroatoms. The van der Waals surface area contributed by atoms with E-state index in [9.17, 15) is 9.90 Å². The number of rotatable bonds is 11. The number of benzene rings is 1. The number of aromatic nitrogens is 1. The highest BCUT2D eigenvalue weighted by Gasteiger charge is 2.40. The number of aryl methyl sites for hydroxylation is 2. The first-order valence-electron chi connectivity index (χ1n) is 14.9. The summed E-state index contributed by atoms with van der Waals surface area (Å²) in [6.07, 6.45) is 5.45. The van der Waals surface area contributed by atoms with Crippen molar-refractivity contribution in [2.45, 2.75) is 95.7 Å². The van der Waals surface area contributed by atoms with E-state index in [0.717, 1.165) is 66.9 Å². The summed E-state index contributed by atoms with van der Waals surface area (Å²) in [5.74, 6) is -0.0159. The third-order valence-electron chi connectivity index (χ3n) is 9.22. The fourth-order valence-corrected chi connectivity index (χ4v) is 6.53. The number of nitrogens with one attached hydrogen (secondary N) is 1. The molecular formula is C32H44FN3O4. The second kappa shape index (κ2) is 12.5. The van der Waals surface area contributed by atoms with Crippen molar-refractivity contribution in [2.75, 3.05) is 32.1 Å². The number of hydrogen-bond acceptors (Lipinski definition) is 6. The number of carboxylic acid groups (broad SMARTS) is 1.